The summed E-state index contributed by atoms with van der Waals surface area (Å²) in [6.45, 7) is 4.71. The van der Waals surface area contributed by atoms with E-state index < -0.39 is 17.9 Å². The highest BCUT2D eigenvalue weighted by molar-refractivity contribution is 14.1. The van der Waals surface area contributed by atoms with Gasteiger partial charge in [0.15, 0.2) is 11.5 Å². The standard InChI is InChI=1S/C19H19IN2O6/c1-5-26-19(24)15-9(2)27-18(22)12(8-21)16(15)11-6-13(20)17(28-10(3)23)14(7-11)25-4/h6-7,16H,5,22H2,1-4H3. The van der Waals surface area contributed by atoms with Gasteiger partial charge < -0.3 is 24.7 Å². The molecule has 1 atom stereocenters. The average molecular weight is 498 g/mol. The molecular formula is C19H19IN2O6. The first kappa shape index (κ1) is 21.6. The Morgan fingerprint density at radius 3 is 2.61 bits per heavy atom. The minimum atomic E-state index is -0.813. The van der Waals surface area contributed by atoms with Crippen LogP contribution in [0.1, 0.15) is 32.3 Å². The van der Waals surface area contributed by atoms with E-state index in [2.05, 4.69) is 0 Å². The fourth-order valence-electron chi connectivity index (χ4n) is 2.84. The lowest BCUT2D eigenvalue weighted by Gasteiger charge is -2.27. The zero-order valence-corrected chi connectivity index (χ0v) is 17.9. The van der Waals surface area contributed by atoms with Crippen molar-refractivity contribution in [3.8, 4) is 17.6 Å². The molecule has 0 fully saturated rings. The summed E-state index contributed by atoms with van der Waals surface area (Å²) >= 11 is 1.98. The predicted molar refractivity (Wildman–Crippen MR) is 107 cm³/mol. The zero-order chi connectivity index (χ0) is 21.0. The van der Waals surface area contributed by atoms with Gasteiger partial charge in [-0.15, -0.1) is 0 Å². The van der Waals surface area contributed by atoms with Crippen molar-refractivity contribution in [1.29, 1.82) is 5.26 Å². The van der Waals surface area contributed by atoms with Gasteiger partial charge in [-0.2, -0.15) is 5.26 Å². The van der Waals surface area contributed by atoms with Gasteiger partial charge >= 0.3 is 11.9 Å². The Labute approximate surface area is 176 Å². The van der Waals surface area contributed by atoms with E-state index in [1.165, 1.54) is 14.0 Å². The third kappa shape index (κ3) is 4.22. The van der Waals surface area contributed by atoms with Gasteiger partial charge in [-0.1, -0.05) is 0 Å². The maximum atomic E-state index is 12.6. The van der Waals surface area contributed by atoms with Crippen LogP contribution in [-0.2, 0) is 19.1 Å². The Hall–Kier alpha value is -2.74. The molecule has 148 valence electrons. The van der Waals surface area contributed by atoms with Crippen molar-refractivity contribution in [3.05, 3.63) is 44.1 Å². The van der Waals surface area contributed by atoms with Crippen LogP contribution in [0.4, 0.5) is 0 Å². The SMILES string of the molecule is CCOC(=O)C1=C(C)OC(N)=C(C#N)C1c1cc(I)c(OC(C)=O)c(OC)c1. The lowest BCUT2D eigenvalue weighted by Crippen LogP contribution is -2.25. The molecule has 2 N–H and O–H groups in total. The van der Waals surface area contributed by atoms with Crippen molar-refractivity contribution in [2.45, 2.75) is 26.7 Å². The van der Waals surface area contributed by atoms with Crippen LogP contribution >= 0.6 is 22.6 Å². The van der Waals surface area contributed by atoms with E-state index in [4.69, 9.17) is 24.7 Å². The Kier molecular flexibility index (Phi) is 6.90. The highest BCUT2D eigenvalue weighted by atomic mass is 127. The van der Waals surface area contributed by atoms with E-state index >= 15 is 0 Å². The van der Waals surface area contributed by atoms with Gasteiger partial charge in [-0.25, -0.2) is 4.79 Å². The van der Waals surface area contributed by atoms with E-state index in [-0.39, 0.29) is 40.9 Å². The fraction of sp³-hybridized carbons (Fsp3) is 0.316. The first-order valence-electron chi connectivity index (χ1n) is 8.26. The number of methoxy groups -OCH3 is 1. The molecule has 0 bridgehead atoms. The number of hydrogen-bond donors (Lipinski definition) is 1. The third-order valence-corrected chi connectivity index (χ3v) is 4.73. The monoisotopic (exact) mass is 498 g/mol. The zero-order valence-electron chi connectivity index (χ0n) is 15.8. The molecule has 0 spiro atoms. The molecule has 2 rings (SSSR count). The number of carbonyl (C=O) groups excluding carboxylic acids is 2. The Balaban J connectivity index is 2.71. The highest BCUT2D eigenvalue weighted by Gasteiger charge is 2.37. The second-order valence-electron chi connectivity index (χ2n) is 5.74. The smallest absolute Gasteiger partial charge is 0.338 e. The van der Waals surface area contributed by atoms with Gasteiger partial charge in [0.05, 0.1) is 28.8 Å². The van der Waals surface area contributed by atoms with Crippen LogP contribution in [0.5, 0.6) is 11.5 Å². The number of nitrogens with two attached hydrogens (primary N) is 1. The number of carbonyl (C=O) groups is 2. The molecule has 1 aromatic rings. The van der Waals surface area contributed by atoms with Crippen molar-refractivity contribution in [1.82, 2.24) is 0 Å². The van der Waals surface area contributed by atoms with Crippen LogP contribution in [0.2, 0.25) is 0 Å². The number of allylic oxidation sites excluding steroid dienone is 2. The van der Waals surface area contributed by atoms with E-state index in [0.29, 0.717) is 9.13 Å². The lowest BCUT2D eigenvalue weighted by molar-refractivity contribution is -0.139. The van der Waals surface area contributed by atoms with Crippen molar-refractivity contribution in [2.75, 3.05) is 13.7 Å². The first-order valence-corrected chi connectivity index (χ1v) is 9.34. The number of esters is 2. The van der Waals surface area contributed by atoms with Gasteiger partial charge in [0.25, 0.3) is 0 Å². The fourth-order valence-corrected chi connectivity index (χ4v) is 3.57. The van der Waals surface area contributed by atoms with Crippen LogP contribution in [-0.4, -0.2) is 25.7 Å². The van der Waals surface area contributed by atoms with Crippen LogP contribution in [0.15, 0.2) is 34.9 Å². The molecular weight excluding hydrogens is 479 g/mol. The molecule has 1 unspecified atom stereocenters. The third-order valence-electron chi connectivity index (χ3n) is 3.93. The number of rotatable bonds is 5. The molecule has 0 aliphatic carbocycles. The second-order valence-corrected chi connectivity index (χ2v) is 6.91. The van der Waals surface area contributed by atoms with Gasteiger partial charge in [0, 0.05) is 6.92 Å². The number of nitriles is 1. The van der Waals surface area contributed by atoms with Gasteiger partial charge in [-0.05, 0) is 54.1 Å². The summed E-state index contributed by atoms with van der Waals surface area (Å²) in [6.07, 6.45) is 0. The summed E-state index contributed by atoms with van der Waals surface area (Å²) in [5.74, 6) is -1.23. The molecule has 1 aliphatic rings. The van der Waals surface area contributed by atoms with E-state index in [9.17, 15) is 14.9 Å². The topological polar surface area (TPSA) is 121 Å². The number of hydrogen-bond acceptors (Lipinski definition) is 8. The highest BCUT2D eigenvalue weighted by Crippen LogP contribution is 2.43. The number of ether oxygens (including phenoxy) is 4. The summed E-state index contributed by atoms with van der Waals surface area (Å²) < 4.78 is 21.7. The largest absolute Gasteiger partial charge is 0.493 e. The molecule has 0 saturated heterocycles. The Morgan fingerprint density at radius 1 is 1.39 bits per heavy atom. The molecule has 1 heterocycles. The van der Waals surface area contributed by atoms with Gasteiger partial charge in [0.2, 0.25) is 5.88 Å². The van der Waals surface area contributed by atoms with Crippen LogP contribution in [0, 0.1) is 14.9 Å². The van der Waals surface area contributed by atoms with Crippen molar-refractivity contribution >= 4 is 34.5 Å². The minimum absolute atomic E-state index is 0.0757. The molecule has 0 radical (unpaired) electrons. The van der Waals surface area contributed by atoms with E-state index in [0.717, 1.165) is 0 Å². The van der Waals surface area contributed by atoms with Crippen LogP contribution < -0.4 is 15.2 Å². The normalized spacial score (nSPS) is 16.2. The minimum Gasteiger partial charge on any atom is -0.493 e. The van der Waals surface area contributed by atoms with Crippen molar-refractivity contribution < 1.29 is 28.5 Å². The second kappa shape index (κ2) is 8.97. The van der Waals surface area contributed by atoms with Crippen LogP contribution in [0.25, 0.3) is 0 Å². The number of nitrogens with zero attached hydrogens (tertiary/aromatic N) is 1. The number of benzene rings is 1. The number of halogens is 1. The summed E-state index contributed by atoms with van der Waals surface area (Å²) in [5.41, 5.74) is 6.69. The van der Waals surface area contributed by atoms with Gasteiger partial charge in [-0.3, -0.25) is 4.79 Å². The molecule has 1 aliphatic heterocycles. The van der Waals surface area contributed by atoms with Gasteiger partial charge in [0.1, 0.15) is 17.4 Å². The predicted octanol–water partition coefficient (Wildman–Crippen LogP) is 2.87. The molecule has 0 saturated carbocycles. The Bertz CT molecular complexity index is 929. The van der Waals surface area contributed by atoms with E-state index in [1.807, 2.05) is 28.7 Å². The Morgan fingerprint density at radius 2 is 2.07 bits per heavy atom. The van der Waals surface area contributed by atoms with Crippen molar-refractivity contribution in [3.63, 3.8) is 0 Å². The molecule has 28 heavy (non-hydrogen) atoms. The summed E-state index contributed by atoms with van der Waals surface area (Å²) in [7, 11) is 1.43. The van der Waals surface area contributed by atoms with Crippen molar-refractivity contribution in [2.24, 2.45) is 5.73 Å². The maximum Gasteiger partial charge on any atom is 0.338 e. The molecule has 8 nitrogen and oxygen atoms in total. The van der Waals surface area contributed by atoms with E-state index in [1.54, 1.807) is 26.0 Å². The summed E-state index contributed by atoms with van der Waals surface area (Å²) in [5, 5.41) is 9.63. The molecule has 1 aromatic carbocycles. The first-order chi connectivity index (χ1) is 13.2. The molecule has 0 aromatic heterocycles. The quantitative estimate of drug-likeness (QED) is 0.374. The van der Waals surface area contributed by atoms with Crippen LogP contribution in [0.3, 0.4) is 0 Å². The molecule has 0 amide bonds. The maximum absolute atomic E-state index is 12.6. The average Bonchev–Trinajstić information content (AvgIpc) is 2.62. The molecule has 9 heteroatoms. The summed E-state index contributed by atoms with van der Waals surface area (Å²) in [6, 6.07) is 5.29. The lowest BCUT2D eigenvalue weighted by atomic mass is 9.83. The summed E-state index contributed by atoms with van der Waals surface area (Å²) in [4.78, 5) is 24.0.